The van der Waals surface area contributed by atoms with Crippen molar-refractivity contribution < 1.29 is 81.1 Å². The Labute approximate surface area is 721 Å². The SMILES string of the molecule is CC1=C(C(=O)OC2CCCC2)C(c2ccncc2)C2=C(CC(C)(C)CC2=O)N1.CCOC(=O)C1=C(C)NC(C)=C(C(=O)OCC)C1c1ccncc1.CCOC(=O)C1=C(C)NC2=C(C(=O)CCC2)C1c1cccc(C)c1.CCOC(=O)C1=C(C)NC2=C(C(=O)CCC2)C1c1cccc(C)c1.COC(=O)C1=C(C)N(C)C(C)=C(C(=O)OC)C1c1ccccn1. The van der Waals surface area contributed by atoms with Gasteiger partial charge in [-0.2, -0.15) is 0 Å². The highest BCUT2D eigenvalue weighted by Gasteiger charge is 2.47. The smallest absolute Gasteiger partial charge is 0.337 e. The number of ether oxygens (including phenoxy) is 7. The Morgan fingerprint density at radius 2 is 0.780 bits per heavy atom. The lowest BCUT2D eigenvalue weighted by Crippen LogP contribution is -2.39. The number of hydrogen-bond acceptors (Lipinski definition) is 25. The van der Waals surface area contributed by atoms with E-state index < -0.39 is 41.6 Å². The summed E-state index contributed by atoms with van der Waals surface area (Å²) < 4.78 is 36.7. The second-order valence-corrected chi connectivity index (χ2v) is 32.4. The first-order valence-corrected chi connectivity index (χ1v) is 42.3. The predicted octanol–water partition coefficient (Wildman–Crippen LogP) is 15.7. The van der Waals surface area contributed by atoms with Crippen molar-refractivity contribution in [2.24, 2.45) is 5.41 Å². The van der Waals surface area contributed by atoms with Crippen molar-refractivity contribution in [1.82, 2.24) is 41.1 Å². The van der Waals surface area contributed by atoms with Gasteiger partial charge in [-0.1, -0.05) is 79.6 Å². The largest absolute Gasteiger partial charge is 0.466 e. The van der Waals surface area contributed by atoms with Crippen LogP contribution in [0.1, 0.15) is 236 Å². The van der Waals surface area contributed by atoms with Crippen molar-refractivity contribution in [1.29, 1.82) is 0 Å². The molecule has 0 bridgehead atoms. The first-order chi connectivity index (χ1) is 58.8. The van der Waals surface area contributed by atoms with Crippen LogP contribution >= 0.6 is 0 Å². The normalized spacial score (nSPS) is 19.6. The highest BCUT2D eigenvalue weighted by molar-refractivity contribution is 6.07. The molecule has 2 aromatic carbocycles. The fourth-order valence-corrected chi connectivity index (χ4v) is 17.7. The Kier molecular flexibility index (Phi) is 31.6. The average Bonchev–Trinajstić information content (AvgIpc) is 0.946. The molecule has 3 aromatic heterocycles. The summed E-state index contributed by atoms with van der Waals surface area (Å²) in [6, 6.07) is 28.8. The lowest BCUT2D eigenvalue weighted by atomic mass is 9.68. The third-order valence-electron chi connectivity index (χ3n) is 23.3. The van der Waals surface area contributed by atoms with Crippen molar-refractivity contribution in [3.05, 3.63) is 274 Å². The molecule has 9 aliphatic rings. The molecule has 1 saturated carbocycles. The number of hydrogen-bond donors (Lipinski definition) is 4. The zero-order valence-corrected chi connectivity index (χ0v) is 74.1. The van der Waals surface area contributed by atoms with Crippen LogP contribution in [-0.4, -0.2) is 133 Å². The van der Waals surface area contributed by atoms with Crippen LogP contribution in [0.3, 0.4) is 0 Å². The van der Waals surface area contributed by atoms with E-state index in [0.717, 1.165) is 153 Å². The fraction of sp³-hybridized carbons (Fsp3) is 0.418. The molecule has 8 heterocycles. The van der Waals surface area contributed by atoms with E-state index >= 15 is 0 Å². The van der Waals surface area contributed by atoms with Crippen LogP contribution in [0.5, 0.6) is 0 Å². The fourth-order valence-electron chi connectivity index (χ4n) is 17.7. The van der Waals surface area contributed by atoms with Gasteiger partial charge in [-0.15, -0.1) is 0 Å². The van der Waals surface area contributed by atoms with Gasteiger partial charge in [-0.25, -0.2) is 33.6 Å². The number of Topliss-reactive ketones (excluding diaryl/α,β-unsaturated/α-hetero) is 3. The molecule has 4 aliphatic carbocycles. The van der Waals surface area contributed by atoms with Gasteiger partial charge in [0, 0.05) is 149 Å². The van der Waals surface area contributed by atoms with E-state index in [4.69, 9.17) is 33.2 Å². The molecule has 3 atom stereocenters. The van der Waals surface area contributed by atoms with Crippen molar-refractivity contribution in [3.63, 3.8) is 0 Å². The number of methoxy groups -OCH3 is 2. The Hall–Kier alpha value is -12.4. The Bertz CT molecular complexity index is 5050. The van der Waals surface area contributed by atoms with Gasteiger partial charge in [0.15, 0.2) is 17.3 Å². The van der Waals surface area contributed by atoms with Gasteiger partial charge >= 0.3 is 41.8 Å². The van der Waals surface area contributed by atoms with E-state index in [1.807, 2.05) is 103 Å². The van der Waals surface area contributed by atoms with Crippen molar-refractivity contribution >= 4 is 59.1 Å². The molecule has 650 valence electrons. The monoisotopic (exact) mass is 1680 g/mol. The first-order valence-electron chi connectivity index (χ1n) is 42.3. The van der Waals surface area contributed by atoms with Crippen molar-refractivity contribution in [2.75, 3.05) is 47.7 Å². The zero-order chi connectivity index (χ0) is 89.3. The summed E-state index contributed by atoms with van der Waals surface area (Å²) >= 11 is 0. The average molecular weight is 1680 g/mol. The van der Waals surface area contributed by atoms with Crippen LogP contribution in [0.15, 0.2) is 235 Å². The highest BCUT2D eigenvalue weighted by Crippen LogP contribution is 2.50. The number of aryl methyl sites for hydroxylation is 2. The lowest BCUT2D eigenvalue weighted by Gasteiger charge is -2.39. The van der Waals surface area contributed by atoms with E-state index in [0.29, 0.717) is 88.6 Å². The van der Waals surface area contributed by atoms with Crippen LogP contribution in [0.25, 0.3) is 0 Å². The second-order valence-electron chi connectivity index (χ2n) is 32.4. The van der Waals surface area contributed by atoms with E-state index in [2.05, 4.69) is 62.2 Å². The van der Waals surface area contributed by atoms with Gasteiger partial charge in [0.05, 0.1) is 97.2 Å². The first kappa shape index (κ1) is 92.9. The molecular weight excluding hydrogens is 1560 g/mol. The van der Waals surface area contributed by atoms with E-state index in [9.17, 15) is 47.9 Å². The standard InChI is InChI=1S/C23H28N2O3.2C20H23NO3.C18H22N2O4.C17H20N2O4/c1-14-19(22(27)28-16-6-4-5-7-16)20(15-8-10-24-11-9-15)21-17(25-14)12-23(2,3)13-18(21)26;2*1-4-24-20(23)17-13(3)21-15-9-6-10-16(22)19(15)18(17)14-8-5-7-12(2)11-14;1-5-23-17(21)14-11(3)20-12(4)15(18(22)24-6-2)16(14)13-7-9-19-10-8-13;1-10-13(16(20)22-4)15(12-8-6-7-9-18-12)14(17(21)23-5)11(2)19(10)3/h8-11,16,20,25H,4-7,12-13H2,1-3H3;2*5,7-8,11,18,21H,4,6,9-10H2,1-3H3;7-10,16,20H,5-6H2,1-4H3;6-9,15H,1-5H3. The van der Waals surface area contributed by atoms with E-state index in [1.165, 1.54) is 14.2 Å². The van der Waals surface area contributed by atoms with E-state index in [1.54, 1.807) is 109 Å². The molecule has 0 amide bonds. The molecule has 5 aliphatic heterocycles. The highest BCUT2D eigenvalue weighted by atomic mass is 16.6. The summed E-state index contributed by atoms with van der Waals surface area (Å²) in [5, 5.41) is 13.1. The number of dihydropyridines is 4. The molecule has 0 spiro atoms. The number of nitrogens with one attached hydrogen (secondary N) is 4. The second kappa shape index (κ2) is 41.9. The summed E-state index contributed by atoms with van der Waals surface area (Å²) in [6.45, 7) is 29.4. The minimum absolute atomic E-state index is 0.0118. The number of carbonyl (C=O) groups excluding carboxylic acids is 10. The van der Waals surface area contributed by atoms with Crippen LogP contribution in [0, 0.1) is 19.3 Å². The third kappa shape index (κ3) is 21.2. The lowest BCUT2D eigenvalue weighted by molar-refractivity contribution is -0.144. The van der Waals surface area contributed by atoms with Gasteiger partial charge in [-0.05, 0) is 212 Å². The summed E-state index contributed by atoms with van der Waals surface area (Å²) in [5.41, 5.74) is 19.8. The zero-order valence-electron chi connectivity index (χ0n) is 74.1. The summed E-state index contributed by atoms with van der Waals surface area (Å²) in [7, 11) is 4.44. The maximum Gasteiger partial charge on any atom is 0.337 e. The summed E-state index contributed by atoms with van der Waals surface area (Å²) in [4.78, 5) is 141. The summed E-state index contributed by atoms with van der Waals surface area (Å²) in [6.07, 6.45) is 18.1. The molecule has 0 radical (unpaired) electrons. The van der Waals surface area contributed by atoms with Crippen LogP contribution < -0.4 is 21.3 Å². The molecule has 1 fully saturated rings. The number of pyridine rings is 3. The number of aromatic nitrogens is 3. The predicted molar refractivity (Wildman–Crippen MR) is 464 cm³/mol. The molecule has 123 heavy (non-hydrogen) atoms. The van der Waals surface area contributed by atoms with Gasteiger partial charge in [-0.3, -0.25) is 29.3 Å². The molecule has 25 nitrogen and oxygen atoms in total. The van der Waals surface area contributed by atoms with Crippen molar-refractivity contribution in [2.45, 2.75) is 217 Å². The molecule has 3 unspecified atom stereocenters. The molecule has 4 N–H and O–H groups in total. The van der Waals surface area contributed by atoms with Crippen LogP contribution in [0.2, 0.25) is 0 Å². The number of esters is 7. The van der Waals surface area contributed by atoms with E-state index in [-0.39, 0.29) is 71.8 Å². The number of carbonyl (C=O) groups is 10. The molecule has 14 rings (SSSR count). The third-order valence-corrected chi connectivity index (χ3v) is 23.3. The van der Waals surface area contributed by atoms with Gasteiger partial charge in [0.2, 0.25) is 0 Å². The quantitative estimate of drug-likeness (QED) is 0.0496. The Morgan fingerprint density at radius 1 is 0.398 bits per heavy atom. The Balaban J connectivity index is 0.000000161. The van der Waals surface area contributed by atoms with Gasteiger partial charge in [0.1, 0.15) is 6.10 Å². The number of benzene rings is 2. The number of ketones is 3. The maximum absolute atomic E-state index is 13.2. The van der Waals surface area contributed by atoms with Crippen LogP contribution in [-0.2, 0) is 81.1 Å². The molecule has 5 aromatic rings. The maximum atomic E-state index is 13.2. The molecule has 25 heteroatoms. The Morgan fingerprint density at radius 3 is 1.18 bits per heavy atom. The number of nitrogens with zero attached hydrogens (tertiary/aromatic N) is 4. The minimum Gasteiger partial charge on any atom is -0.466 e. The minimum atomic E-state index is -0.618. The van der Waals surface area contributed by atoms with Gasteiger partial charge < -0.3 is 59.3 Å². The van der Waals surface area contributed by atoms with Crippen molar-refractivity contribution in [3.8, 4) is 0 Å². The summed E-state index contributed by atoms with van der Waals surface area (Å²) in [5.74, 6) is -4.73. The van der Waals surface area contributed by atoms with Gasteiger partial charge in [0.25, 0.3) is 0 Å². The number of allylic oxidation sites excluding steroid dienone is 13. The molecule has 0 saturated heterocycles. The topological polar surface area (TPSA) is 325 Å². The number of rotatable bonds is 17. The van der Waals surface area contributed by atoms with Crippen LogP contribution in [0.4, 0.5) is 0 Å². The molecular formula is C98H116N8O17.